The normalized spacial score (nSPS) is 14.9. The lowest BCUT2D eigenvalue weighted by molar-refractivity contribution is 0.332. The average Bonchev–Trinajstić information content (AvgIpc) is 3.92. The molecule has 0 aliphatic heterocycles. The quantitative estimate of drug-likeness (QED) is 0.178. The van der Waals surface area contributed by atoms with Crippen LogP contribution < -0.4 is 0 Å². The van der Waals surface area contributed by atoms with Crippen LogP contribution >= 0.6 is 11.3 Å². The third-order valence-corrected chi connectivity index (χ3v) is 14.4. The van der Waals surface area contributed by atoms with Gasteiger partial charge in [-0.05, 0) is 108 Å². The second-order valence-electron chi connectivity index (χ2n) is 17.7. The first-order chi connectivity index (χ1) is 28.7. The van der Waals surface area contributed by atoms with Crippen LogP contribution in [0.25, 0.3) is 97.9 Å². The standard InChI is InChI=1S/C54H42N4S/c1-53(2)28-29-54(3,4)43-32-47-41(31-42(43)53)38-17-9-12-20-45(38)58(47)36-25-22-33(23-26-36)52-55-49(51-50(56-52)40-18-10-13-21-48(40)59-51)34-24-27-39-37-16-8-11-19-44(37)57(46(39)30-34)35-14-6-5-7-15-35/h5-27,30-32H,28-29H2,1-4H3. The van der Waals surface area contributed by atoms with Gasteiger partial charge in [0.15, 0.2) is 5.82 Å². The van der Waals surface area contributed by atoms with E-state index in [0.29, 0.717) is 0 Å². The zero-order valence-electron chi connectivity index (χ0n) is 33.6. The van der Waals surface area contributed by atoms with E-state index in [1.165, 1.54) is 66.8 Å². The highest BCUT2D eigenvalue weighted by Crippen LogP contribution is 2.49. The molecule has 0 unspecified atom stereocenters. The Morgan fingerprint density at radius 1 is 0.458 bits per heavy atom. The zero-order chi connectivity index (χ0) is 39.6. The molecule has 4 aromatic heterocycles. The van der Waals surface area contributed by atoms with Crippen molar-refractivity contribution in [1.82, 2.24) is 19.1 Å². The number of rotatable bonds is 4. The topological polar surface area (TPSA) is 35.6 Å². The lowest BCUT2D eigenvalue weighted by Gasteiger charge is -2.42. The molecular formula is C54H42N4S. The summed E-state index contributed by atoms with van der Waals surface area (Å²) in [6.07, 6.45) is 2.38. The summed E-state index contributed by atoms with van der Waals surface area (Å²) in [5, 5.41) is 6.24. The van der Waals surface area contributed by atoms with Crippen LogP contribution in [0.3, 0.4) is 0 Å². The summed E-state index contributed by atoms with van der Waals surface area (Å²) < 4.78 is 7.15. The van der Waals surface area contributed by atoms with Crippen LogP contribution in [-0.2, 0) is 10.8 Å². The van der Waals surface area contributed by atoms with Crippen LogP contribution in [0.4, 0.5) is 0 Å². The van der Waals surface area contributed by atoms with E-state index in [0.717, 1.165) is 55.1 Å². The van der Waals surface area contributed by atoms with E-state index in [9.17, 15) is 0 Å². The second kappa shape index (κ2) is 12.5. The van der Waals surface area contributed by atoms with E-state index in [4.69, 9.17) is 9.97 Å². The maximum atomic E-state index is 5.45. The molecule has 0 N–H and O–H groups in total. The molecule has 7 aromatic carbocycles. The third kappa shape index (κ3) is 5.14. The van der Waals surface area contributed by atoms with E-state index in [-0.39, 0.29) is 10.8 Å². The van der Waals surface area contributed by atoms with Gasteiger partial charge >= 0.3 is 0 Å². The summed E-state index contributed by atoms with van der Waals surface area (Å²) in [6, 6.07) is 57.6. The van der Waals surface area contributed by atoms with Crippen molar-refractivity contribution in [3.8, 4) is 34.0 Å². The lowest BCUT2D eigenvalue weighted by atomic mass is 9.63. The Morgan fingerprint density at radius 2 is 1.00 bits per heavy atom. The number of hydrogen-bond acceptors (Lipinski definition) is 3. The van der Waals surface area contributed by atoms with Gasteiger partial charge in [-0.1, -0.05) is 113 Å². The van der Waals surface area contributed by atoms with Gasteiger partial charge < -0.3 is 9.13 Å². The predicted octanol–water partition coefficient (Wildman–Crippen LogP) is 14.7. The molecule has 1 aliphatic rings. The molecule has 4 nitrogen and oxygen atoms in total. The molecule has 4 heterocycles. The average molecular weight is 779 g/mol. The van der Waals surface area contributed by atoms with Crippen molar-refractivity contribution in [2.75, 3.05) is 0 Å². The summed E-state index contributed by atoms with van der Waals surface area (Å²) in [7, 11) is 0. The molecule has 0 fully saturated rings. The minimum absolute atomic E-state index is 0.117. The Kier molecular flexibility index (Phi) is 7.29. The number of thiophene rings is 1. The molecule has 11 aromatic rings. The molecule has 1 aliphatic carbocycles. The molecular weight excluding hydrogens is 737 g/mol. The van der Waals surface area contributed by atoms with Gasteiger partial charge in [0.2, 0.25) is 0 Å². The maximum absolute atomic E-state index is 5.45. The number of hydrogen-bond donors (Lipinski definition) is 0. The van der Waals surface area contributed by atoms with Crippen LogP contribution in [0, 0.1) is 0 Å². The minimum Gasteiger partial charge on any atom is -0.309 e. The predicted molar refractivity (Wildman–Crippen MR) is 250 cm³/mol. The van der Waals surface area contributed by atoms with Gasteiger partial charge in [0.1, 0.15) is 0 Å². The molecule has 59 heavy (non-hydrogen) atoms. The highest BCUT2D eigenvalue weighted by Gasteiger charge is 2.38. The third-order valence-electron chi connectivity index (χ3n) is 13.2. The first-order valence-electron chi connectivity index (χ1n) is 20.7. The lowest BCUT2D eigenvalue weighted by Crippen LogP contribution is -2.33. The van der Waals surface area contributed by atoms with Crippen LogP contribution in [-0.4, -0.2) is 19.1 Å². The fraction of sp³-hybridized carbons (Fsp3) is 0.148. The van der Waals surface area contributed by atoms with E-state index in [1.54, 1.807) is 11.3 Å². The van der Waals surface area contributed by atoms with E-state index in [2.05, 4.69) is 195 Å². The van der Waals surface area contributed by atoms with E-state index >= 15 is 0 Å². The Morgan fingerprint density at radius 3 is 1.71 bits per heavy atom. The molecule has 0 bridgehead atoms. The molecule has 284 valence electrons. The van der Waals surface area contributed by atoms with Gasteiger partial charge in [-0.15, -0.1) is 11.3 Å². The maximum Gasteiger partial charge on any atom is 0.160 e. The molecule has 0 atom stereocenters. The molecule has 0 radical (unpaired) electrons. The molecule has 12 rings (SSSR count). The number of fused-ring (bicyclic) bond motifs is 10. The van der Waals surface area contributed by atoms with Crippen molar-refractivity contribution < 1.29 is 0 Å². The zero-order valence-corrected chi connectivity index (χ0v) is 34.4. The van der Waals surface area contributed by atoms with Crippen LogP contribution in [0.2, 0.25) is 0 Å². The summed E-state index contributed by atoms with van der Waals surface area (Å²) in [4.78, 5) is 10.8. The van der Waals surface area contributed by atoms with Gasteiger partial charge in [-0.3, -0.25) is 0 Å². The smallest absolute Gasteiger partial charge is 0.160 e. The monoisotopic (exact) mass is 778 g/mol. The minimum atomic E-state index is 0.117. The largest absolute Gasteiger partial charge is 0.309 e. The molecule has 0 spiro atoms. The number of para-hydroxylation sites is 3. The highest BCUT2D eigenvalue weighted by molar-refractivity contribution is 7.26. The van der Waals surface area contributed by atoms with Crippen molar-refractivity contribution in [3.05, 3.63) is 169 Å². The highest BCUT2D eigenvalue weighted by atomic mass is 32.1. The molecule has 0 amide bonds. The van der Waals surface area contributed by atoms with Gasteiger partial charge in [0, 0.05) is 54.1 Å². The molecule has 5 heteroatoms. The van der Waals surface area contributed by atoms with Crippen molar-refractivity contribution in [2.24, 2.45) is 0 Å². The van der Waals surface area contributed by atoms with Crippen LogP contribution in [0.15, 0.2) is 158 Å². The first kappa shape index (κ1) is 34.5. The van der Waals surface area contributed by atoms with Gasteiger partial charge in [0.05, 0.1) is 38.0 Å². The SMILES string of the molecule is CC1(C)CCC(C)(C)c2cc3c(cc21)c1ccccc1n3-c1ccc(-c2nc(-c3ccc4c5ccccc5n(-c5ccccc5)c4c3)c3sc4ccccc4c3n2)cc1. The summed E-state index contributed by atoms with van der Waals surface area (Å²) in [5.41, 5.74) is 14.4. The first-order valence-corrected chi connectivity index (χ1v) is 21.5. The second-order valence-corrected chi connectivity index (χ2v) is 18.7. The van der Waals surface area contributed by atoms with Crippen molar-refractivity contribution in [3.63, 3.8) is 0 Å². The number of nitrogens with zero attached hydrogens (tertiary/aromatic N) is 4. The van der Waals surface area contributed by atoms with Crippen LogP contribution in [0.5, 0.6) is 0 Å². The van der Waals surface area contributed by atoms with Crippen molar-refractivity contribution in [1.29, 1.82) is 0 Å². The summed E-state index contributed by atoms with van der Waals surface area (Å²) >= 11 is 1.78. The van der Waals surface area contributed by atoms with Crippen molar-refractivity contribution >= 4 is 75.3 Å². The number of benzene rings is 7. The fourth-order valence-electron chi connectivity index (χ4n) is 9.96. The van der Waals surface area contributed by atoms with Crippen LogP contribution in [0.1, 0.15) is 51.7 Å². The van der Waals surface area contributed by atoms with Gasteiger partial charge in [-0.25, -0.2) is 9.97 Å². The molecule has 0 saturated heterocycles. The Labute approximate surface area is 347 Å². The molecule has 0 saturated carbocycles. The Balaban J connectivity index is 1.04. The number of aromatic nitrogens is 4. The van der Waals surface area contributed by atoms with Gasteiger partial charge in [0.25, 0.3) is 0 Å². The Hall–Kier alpha value is -6.56. The fourth-order valence-corrected chi connectivity index (χ4v) is 11.1. The van der Waals surface area contributed by atoms with Gasteiger partial charge in [-0.2, -0.15) is 0 Å². The summed E-state index contributed by atoms with van der Waals surface area (Å²) in [5.74, 6) is 0.728. The van der Waals surface area contributed by atoms with E-state index < -0.39 is 0 Å². The summed E-state index contributed by atoms with van der Waals surface area (Å²) in [6.45, 7) is 9.66. The Bertz CT molecular complexity index is 3490. The van der Waals surface area contributed by atoms with Crippen molar-refractivity contribution in [2.45, 2.75) is 51.4 Å². The van der Waals surface area contributed by atoms with E-state index in [1.807, 2.05) is 0 Å².